The molecule has 1 amide bonds. The highest BCUT2D eigenvalue weighted by atomic mass is 16.3. The summed E-state index contributed by atoms with van der Waals surface area (Å²) in [6.45, 7) is 0.342. The highest BCUT2D eigenvalue weighted by Crippen LogP contribution is 2.10. The maximum absolute atomic E-state index is 11.7. The Bertz CT molecular complexity index is 552. The van der Waals surface area contributed by atoms with Gasteiger partial charge in [-0.1, -0.05) is 12.1 Å². The fraction of sp³-hybridized carbons (Fsp3) is 0.0769. The van der Waals surface area contributed by atoms with E-state index in [0.717, 1.165) is 5.56 Å². The van der Waals surface area contributed by atoms with E-state index in [2.05, 4.69) is 10.3 Å². The normalized spacial score (nSPS) is 10.0. The third-order valence-corrected chi connectivity index (χ3v) is 2.38. The summed E-state index contributed by atoms with van der Waals surface area (Å²) in [7, 11) is 0. The highest BCUT2D eigenvalue weighted by molar-refractivity contribution is 5.94. The van der Waals surface area contributed by atoms with Gasteiger partial charge in [0.15, 0.2) is 0 Å². The van der Waals surface area contributed by atoms with Gasteiger partial charge in [0.2, 0.25) is 0 Å². The molecule has 0 aliphatic rings. The lowest BCUT2D eigenvalue weighted by atomic mass is 10.2. The average molecular weight is 244 g/mol. The Morgan fingerprint density at radius 2 is 1.83 bits per heavy atom. The second-order valence-corrected chi connectivity index (χ2v) is 3.78. The van der Waals surface area contributed by atoms with Gasteiger partial charge in [-0.15, -0.1) is 0 Å². The van der Waals surface area contributed by atoms with Crippen molar-refractivity contribution in [1.82, 2.24) is 10.3 Å². The zero-order chi connectivity index (χ0) is 13.0. The first-order valence-electron chi connectivity index (χ1n) is 5.35. The molecule has 1 heterocycles. The number of carbonyl (C=O) groups excluding carboxylic acids is 1. The van der Waals surface area contributed by atoms with Crippen molar-refractivity contribution in [2.75, 3.05) is 0 Å². The molecule has 0 unspecified atom stereocenters. The Morgan fingerprint density at radius 3 is 2.50 bits per heavy atom. The van der Waals surface area contributed by atoms with E-state index >= 15 is 0 Å². The molecule has 2 rings (SSSR count). The molecule has 0 saturated carbocycles. The molecule has 18 heavy (non-hydrogen) atoms. The van der Waals surface area contributed by atoms with Crippen LogP contribution in [-0.4, -0.2) is 21.1 Å². The third kappa shape index (κ3) is 2.98. The monoisotopic (exact) mass is 244 g/mol. The Kier molecular flexibility index (Phi) is 3.43. The lowest BCUT2D eigenvalue weighted by Crippen LogP contribution is -2.22. The van der Waals surface area contributed by atoms with Crippen LogP contribution in [0.5, 0.6) is 11.5 Å². The van der Waals surface area contributed by atoms with Crippen LogP contribution in [-0.2, 0) is 6.54 Å². The largest absolute Gasteiger partial charge is 0.508 e. The number of hydrogen-bond acceptors (Lipinski definition) is 4. The average Bonchev–Trinajstić information content (AvgIpc) is 2.38. The minimum Gasteiger partial charge on any atom is -0.508 e. The molecule has 0 radical (unpaired) electrons. The summed E-state index contributed by atoms with van der Waals surface area (Å²) in [5, 5.41) is 21.0. The van der Waals surface area contributed by atoms with Gasteiger partial charge in [0.05, 0.1) is 11.8 Å². The lowest BCUT2D eigenvalue weighted by molar-refractivity contribution is 0.0950. The Hall–Kier alpha value is -2.56. The molecule has 92 valence electrons. The van der Waals surface area contributed by atoms with Gasteiger partial charge < -0.3 is 15.5 Å². The van der Waals surface area contributed by atoms with Crippen LogP contribution in [0.4, 0.5) is 0 Å². The summed E-state index contributed by atoms with van der Waals surface area (Å²) in [6, 6.07) is 7.89. The fourth-order valence-electron chi connectivity index (χ4n) is 1.45. The van der Waals surface area contributed by atoms with Crippen molar-refractivity contribution in [2.45, 2.75) is 6.54 Å². The molecular formula is C13H12N2O3. The van der Waals surface area contributed by atoms with E-state index < -0.39 is 0 Å². The van der Waals surface area contributed by atoms with Crippen LogP contribution in [0.3, 0.4) is 0 Å². The molecule has 0 bridgehead atoms. The van der Waals surface area contributed by atoms with Crippen LogP contribution in [0, 0.1) is 0 Å². The predicted molar refractivity (Wildman–Crippen MR) is 65.2 cm³/mol. The molecule has 1 aromatic heterocycles. The number of rotatable bonds is 3. The molecule has 0 aliphatic carbocycles. The number of benzene rings is 1. The summed E-state index contributed by atoms with van der Waals surface area (Å²) in [4.78, 5) is 15.5. The van der Waals surface area contributed by atoms with E-state index in [1.807, 2.05) is 0 Å². The number of aromatic hydroxyl groups is 2. The van der Waals surface area contributed by atoms with Gasteiger partial charge in [0.1, 0.15) is 11.5 Å². The summed E-state index contributed by atoms with van der Waals surface area (Å²) in [6.07, 6.45) is 2.64. The molecule has 3 N–H and O–H groups in total. The van der Waals surface area contributed by atoms with Gasteiger partial charge >= 0.3 is 0 Å². The molecule has 0 atom stereocenters. The number of phenolic OH excluding ortho intramolecular Hbond substituents is 1. The molecular weight excluding hydrogens is 232 g/mol. The smallest absolute Gasteiger partial charge is 0.253 e. The van der Waals surface area contributed by atoms with Crippen LogP contribution < -0.4 is 5.32 Å². The zero-order valence-electron chi connectivity index (χ0n) is 9.50. The van der Waals surface area contributed by atoms with E-state index in [1.54, 1.807) is 24.3 Å². The van der Waals surface area contributed by atoms with Gasteiger partial charge in [-0.2, -0.15) is 0 Å². The van der Waals surface area contributed by atoms with E-state index in [4.69, 9.17) is 5.11 Å². The second-order valence-electron chi connectivity index (χ2n) is 3.78. The second kappa shape index (κ2) is 5.18. The van der Waals surface area contributed by atoms with Crippen LogP contribution in [0.15, 0.2) is 42.7 Å². The Balaban J connectivity index is 1.98. The maximum atomic E-state index is 11.7. The number of phenols is 1. The van der Waals surface area contributed by atoms with E-state index in [9.17, 15) is 9.90 Å². The molecule has 5 nitrogen and oxygen atoms in total. The SMILES string of the molecule is O=C(NCc1ccc(O)cc1)c1cncc(O)c1. The molecule has 5 heteroatoms. The van der Waals surface area contributed by atoms with Crippen LogP contribution in [0.25, 0.3) is 0 Å². The van der Waals surface area contributed by atoms with Gasteiger partial charge in [-0.05, 0) is 23.8 Å². The summed E-state index contributed by atoms with van der Waals surface area (Å²) < 4.78 is 0. The van der Waals surface area contributed by atoms with Gasteiger partial charge in [-0.3, -0.25) is 9.78 Å². The summed E-state index contributed by atoms with van der Waals surface area (Å²) in [5.74, 6) is -0.180. The first-order chi connectivity index (χ1) is 8.65. The summed E-state index contributed by atoms with van der Waals surface area (Å²) in [5.41, 5.74) is 1.17. The number of carbonyl (C=O) groups is 1. The topological polar surface area (TPSA) is 82.5 Å². The number of hydrogen-bond donors (Lipinski definition) is 3. The molecule has 0 saturated heterocycles. The van der Waals surface area contributed by atoms with Crippen molar-refractivity contribution in [3.8, 4) is 11.5 Å². The number of amides is 1. The molecule has 2 aromatic rings. The van der Waals surface area contributed by atoms with Crippen molar-refractivity contribution >= 4 is 5.91 Å². The van der Waals surface area contributed by atoms with E-state index in [0.29, 0.717) is 12.1 Å². The summed E-state index contributed by atoms with van der Waals surface area (Å²) >= 11 is 0. The van der Waals surface area contributed by atoms with Gasteiger partial charge in [-0.25, -0.2) is 0 Å². The van der Waals surface area contributed by atoms with Crippen LogP contribution >= 0.6 is 0 Å². The lowest BCUT2D eigenvalue weighted by Gasteiger charge is -2.05. The van der Waals surface area contributed by atoms with Crippen molar-refractivity contribution in [1.29, 1.82) is 0 Å². The van der Waals surface area contributed by atoms with Gasteiger partial charge in [0, 0.05) is 12.7 Å². The highest BCUT2D eigenvalue weighted by Gasteiger charge is 2.06. The number of pyridine rings is 1. The zero-order valence-corrected chi connectivity index (χ0v) is 9.50. The fourth-order valence-corrected chi connectivity index (χ4v) is 1.45. The van der Waals surface area contributed by atoms with Crippen molar-refractivity contribution in [3.05, 3.63) is 53.9 Å². The first kappa shape index (κ1) is 11.9. The predicted octanol–water partition coefficient (Wildman–Crippen LogP) is 1.42. The molecule has 1 aromatic carbocycles. The number of aromatic nitrogens is 1. The maximum Gasteiger partial charge on any atom is 0.253 e. The molecule has 0 spiro atoms. The number of nitrogens with zero attached hydrogens (tertiary/aromatic N) is 1. The molecule has 0 aliphatic heterocycles. The van der Waals surface area contributed by atoms with Crippen molar-refractivity contribution < 1.29 is 15.0 Å². The first-order valence-corrected chi connectivity index (χ1v) is 5.35. The van der Waals surface area contributed by atoms with Crippen molar-refractivity contribution in [2.24, 2.45) is 0 Å². The minimum atomic E-state index is -0.313. The van der Waals surface area contributed by atoms with Crippen LogP contribution in [0.2, 0.25) is 0 Å². The standard InChI is InChI=1S/C13H12N2O3/c16-11-3-1-9(2-4-11)6-15-13(18)10-5-12(17)8-14-7-10/h1-5,7-8,16-17H,6H2,(H,15,18). The molecule has 0 fully saturated rings. The Morgan fingerprint density at radius 1 is 1.11 bits per heavy atom. The van der Waals surface area contributed by atoms with E-state index in [1.165, 1.54) is 18.5 Å². The van der Waals surface area contributed by atoms with Crippen LogP contribution in [0.1, 0.15) is 15.9 Å². The third-order valence-electron chi connectivity index (χ3n) is 2.38. The Labute approximate surface area is 104 Å². The van der Waals surface area contributed by atoms with E-state index in [-0.39, 0.29) is 17.4 Å². The van der Waals surface area contributed by atoms with Gasteiger partial charge in [0.25, 0.3) is 5.91 Å². The van der Waals surface area contributed by atoms with Crippen molar-refractivity contribution in [3.63, 3.8) is 0 Å². The number of nitrogens with one attached hydrogen (secondary N) is 1. The quantitative estimate of drug-likeness (QED) is 0.762. The minimum absolute atomic E-state index is 0.0488.